The number of aliphatic carboxylic acids is 3. The average molecular weight is 216 g/mol. The maximum Gasteiger partial charge on any atom is 0.311 e. The van der Waals surface area contributed by atoms with E-state index in [4.69, 9.17) is 15.3 Å². The maximum absolute atomic E-state index is 11.0. The van der Waals surface area contributed by atoms with Crippen LogP contribution in [0.5, 0.6) is 0 Å². The van der Waals surface area contributed by atoms with E-state index in [0.29, 0.717) is 0 Å². The number of rotatable bonds is 3. The van der Waals surface area contributed by atoms with Crippen molar-refractivity contribution in [3.63, 3.8) is 0 Å². The lowest BCUT2D eigenvalue weighted by molar-refractivity contribution is -0.152. The van der Waals surface area contributed by atoms with Crippen LogP contribution in [-0.4, -0.2) is 33.2 Å². The number of carboxylic acids is 3. The van der Waals surface area contributed by atoms with Crippen molar-refractivity contribution >= 4 is 17.9 Å². The Hall–Kier alpha value is -1.59. The summed E-state index contributed by atoms with van der Waals surface area (Å²) in [4.78, 5) is 33.0. The van der Waals surface area contributed by atoms with Gasteiger partial charge in [0.15, 0.2) is 0 Å². The minimum absolute atomic E-state index is 1.15. The molecule has 0 radical (unpaired) electrons. The largest absolute Gasteiger partial charge is 0.481 e. The smallest absolute Gasteiger partial charge is 0.311 e. The van der Waals surface area contributed by atoms with Gasteiger partial charge in [-0.25, -0.2) is 0 Å². The first-order valence-electron chi connectivity index (χ1n) is 4.28. The van der Waals surface area contributed by atoms with E-state index < -0.39 is 34.2 Å². The van der Waals surface area contributed by atoms with Crippen LogP contribution in [0.3, 0.4) is 0 Å². The van der Waals surface area contributed by atoms with Crippen molar-refractivity contribution < 1.29 is 29.7 Å². The predicted molar refractivity (Wildman–Crippen MR) is 47.2 cm³/mol. The fourth-order valence-corrected chi connectivity index (χ4v) is 2.41. The van der Waals surface area contributed by atoms with E-state index in [9.17, 15) is 14.4 Å². The quantitative estimate of drug-likeness (QED) is 0.624. The Kier molecular flexibility index (Phi) is 1.92. The molecule has 0 aliphatic heterocycles. The normalized spacial score (nSPS) is 43.4. The number of hydrogen-bond donors (Lipinski definition) is 3. The van der Waals surface area contributed by atoms with E-state index in [0.717, 1.165) is 20.8 Å². The van der Waals surface area contributed by atoms with Crippen molar-refractivity contribution in [2.24, 2.45) is 16.2 Å². The molecule has 0 unspecified atom stereocenters. The number of carbonyl (C=O) groups is 3. The summed E-state index contributed by atoms with van der Waals surface area (Å²) in [5.74, 6) is -4.22. The number of carboxylic acid groups (broad SMARTS) is 3. The van der Waals surface area contributed by atoms with Gasteiger partial charge in [-0.3, -0.25) is 14.4 Å². The SMILES string of the molecule is CC1(C(=O)O)C(C)(C(=O)O)C1(C)C(=O)O. The third-order valence-corrected chi connectivity index (χ3v) is 4.22. The van der Waals surface area contributed by atoms with E-state index in [-0.39, 0.29) is 0 Å². The summed E-state index contributed by atoms with van der Waals surface area (Å²) >= 11 is 0. The van der Waals surface area contributed by atoms with Crippen LogP contribution in [0.25, 0.3) is 0 Å². The fourth-order valence-electron chi connectivity index (χ4n) is 2.41. The molecule has 15 heavy (non-hydrogen) atoms. The molecule has 0 aromatic rings. The Bertz CT molecular complexity index is 306. The third-order valence-electron chi connectivity index (χ3n) is 4.22. The van der Waals surface area contributed by atoms with Gasteiger partial charge in [0.1, 0.15) is 0 Å². The minimum Gasteiger partial charge on any atom is -0.481 e. The highest BCUT2D eigenvalue weighted by Gasteiger charge is 2.91. The molecular formula is C9H12O6. The Labute approximate surface area is 85.5 Å². The maximum atomic E-state index is 11.0. The van der Waals surface area contributed by atoms with Crippen molar-refractivity contribution in [2.75, 3.05) is 0 Å². The summed E-state index contributed by atoms with van der Waals surface area (Å²) in [5.41, 5.74) is -5.34. The lowest BCUT2D eigenvalue weighted by Crippen LogP contribution is -2.24. The Morgan fingerprint density at radius 3 is 0.867 bits per heavy atom. The number of hydrogen-bond acceptors (Lipinski definition) is 3. The lowest BCUT2D eigenvalue weighted by atomic mass is 9.97. The highest BCUT2D eigenvalue weighted by atomic mass is 16.4. The highest BCUT2D eigenvalue weighted by molar-refractivity contribution is 6.04. The van der Waals surface area contributed by atoms with Crippen molar-refractivity contribution in [3.8, 4) is 0 Å². The van der Waals surface area contributed by atoms with Gasteiger partial charge in [-0.05, 0) is 20.8 Å². The van der Waals surface area contributed by atoms with E-state index in [1.54, 1.807) is 0 Å². The molecule has 1 fully saturated rings. The second-order valence-corrected chi connectivity index (χ2v) is 4.29. The van der Waals surface area contributed by atoms with E-state index in [1.165, 1.54) is 0 Å². The Morgan fingerprint density at radius 2 is 0.800 bits per heavy atom. The summed E-state index contributed by atoms with van der Waals surface area (Å²) in [7, 11) is 0. The average Bonchev–Trinajstić information content (AvgIpc) is 2.51. The summed E-state index contributed by atoms with van der Waals surface area (Å²) in [6.07, 6.45) is 0. The Morgan fingerprint density at radius 1 is 0.667 bits per heavy atom. The van der Waals surface area contributed by atoms with Crippen molar-refractivity contribution in [2.45, 2.75) is 20.8 Å². The van der Waals surface area contributed by atoms with E-state index in [2.05, 4.69) is 0 Å². The van der Waals surface area contributed by atoms with Crippen LogP contribution in [0, 0.1) is 16.2 Å². The van der Waals surface area contributed by atoms with Crippen molar-refractivity contribution in [3.05, 3.63) is 0 Å². The van der Waals surface area contributed by atoms with Gasteiger partial charge in [0.25, 0.3) is 0 Å². The van der Waals surface area contributed by atoms with E-state index >= 15 is 0 Å². The van der Waals surface area contributed by atoms with Crippen molar-refractivity contribution in [1.29, 1.82) is 0 Å². The zero-order valence-corrected chi connectivity index (χ0v) is 8.57. The van der Waals surface area contributed by atoms with Crippen LogP contribution in [-0.2, 0) is 14.4 Å². The molecule has 0 spiro atoms. The molecule has 0 heterocycles. The highest BCUT2D eigenvalue weighted by Crippen LogP contribution is 2.78. The second kappa shape index (κ2) is 2.50. The zero-order valence-electron chi connectivity index (χ0n) is 8.57. The van der Waals surface area contributed by atoms with Gasteiger partial charge in [-0.1, -0.05) is 0 Å². The van der Waals surface area contributed by atoms with Gasteiger partial charge in [0, 0.05) is 0 Å². The third kappa shape index (κ3) is 0.784. The molecular weight excluding hydrogens is 204 g/mol. The van der Waals surface area contributed by atoms with Crippen LogP contribution in [0.1, 0.15) is 20.8 Å². The van der Waals surface area contributed by atoms with Crippen LogP contribution in [0.15, 0.2) is 0 Å². The monoisotopic (exact) mass is 216 g/mol. The molecule has 0 bridgehead atoms. The van der Waals surface area contributed by atoms with Gasteiger partial charge in [0.05, 0.1) is 16.2 Å². The predicted octanol–water partition coefficient (Wildman–Crippen LogP) is 0.273. The summed E-state index contributed by atoms with van der Waals surface area (Å²) in [6, 6.07) is 0. The molecule has 6 nitrogen and oxygen atoms in total. The molecule has 1 saturated carbocycles. The minimum atomic E-state index is -1.78. The van der Waals surface area contributed by atoms with Crippen LogP contribution in [0.4, 0.5) is 0 Å². The molecule has 1 rings (SSSR count). The first kappa shape index (κ1) is 11.5. The van der Waals surface area contributed by atoms with Crippen LogP contribution in [0.2, 0.25) is 0 Å². The Balaban J connectivity index is 3.40. The molecule has 6 heteroatoms. The van der Waals surface area contributed by atoms with Gasteiger partial charge in [0.2, 0.25) is 0 Å². The van der Waals surface area contributed by atoms with Gasteiger partial charge in [-0.15, -0.1) is 0 Å². The molecule has 0 amide bonds. The molecule has 0 saturated heterocycles. The zero-order chi connectivity index (χ0) is 12.2. The topological polar surface area (TPSA) is 112 Å². The standard InChI is InChI=1S/C9H12O6/c1-7(4(10)11)8(2,5(12)13)9(7,3)6(14)15/h1-3H3,(H,10,11)(H,12,13)(H,14,15). The first-order chi connectivity index (χ1) is 6.58. The molecule has 1 aliphatic rings. The molecule has 1 aliphatic carbocycles. The van der Waals surface area contributed by atoms with E-state index in [1.807, 2.05) is 0 Å². The van der Waals surface area contributed by atoms with Gasteiger partial charge >= 0.3 is 17.9 Å². The molecule has 0 atom stereocenters. The molecule has 0 aromatic carbocycles. The van der Waals surface area contributed by atoms with Gasteiger partial charge in [-0.2, -0.15) is 0 Å². The first-order valence-corrected chi connectivity index (χ1v) is 4.28. The summed E-state index contributed by atoms with van der Waals surface area (Å²) in [5, 5.41) is 26.9. The molecule has 84 valence electrons. The molecule has 0 aromatic heterocycles. The van der Waals surface area contributed by atoms with Crippen molar-refractivity contribution in [1.82, 2.24) is 0 Å². The lowest BCUT2D eigenvalue weighted by Gasteiger charge is -2.07. The fraction of sp³-hybridized carbons (Fsp3) is 0.667. The van der Waals surface area contributed by atoms with Crippen LogP contribution >= 0.6 is 0 Å². The molecule has 3 N–H and O–H groups in total. The second-order valence-electron chi connectivity index (χ2n) is 4.29. The van der Waals surface area contributed by atoms with Crippen LogP contribution < -0.4 is 0 Å². The van der Waals surface area contributed by atoms with Gasteiger partial charge < -0.3 is 15.3 Å². The summed E-state index contributed by atoms with van der Waals surface area (Å²) in [6.45, 7) is 3.45. The summed E-state index contributed by atoms with van der Waals surface area (Å²) < 4.78 is 0.